The van der Waals surface area contributed by atoms with Gasteiger partial charge in [-0.25, -0.2) is 8.78 Å². The van der Waals surface area contributed by atoms with Crippen LogP contribution in [0.4, 0.5) is 8.78 Å². The highest BCUT2D eigenvalue weighted by Crippen LogP contribution is 2.59. The standard InChI is InChI=1S/C18H13F2S.C11H16O2/c19-14-6-10-17(11-7-14)21(16-4-2-1-3-5-16)18-12-8-15(20)9-13-18;12-10(13)11-4-7-1-8(5-11)3-9(2-7)6-11/h1-13H;7-9H,1-6H2,(H,12,13)/q+1;/p-1. The fourth-order valence-electron chi connectivity index (χ4n) is 6.47. The van der Waals surface area contributed by atoms with Crippen LogP contribution in [0.1, 0.15) is 38.5 Å². The van der Waals surface area contributed by atoms with Crippen LogP contribution in [0.5, 0.6) is 0 Å². The van der Waals surface area contributed by atoms with Gasteiger partial charge in [-0.05, 0) is 117 Å². The molecule has 34 heavy (non-hydrogen) atoms. The van der Waals surface area contributed by atoms with Gasteiger partial charge in [-0.15, -0.1) is 0 Å². The summed E-state index contributed by atoms with van der Waals surface area (Å²) in [6, 6.07) is 23.0. The molecule has 0 spiro atoms. The zero-order chi connectivity index (χ0) is 23.7. The number of carbonyl (C=O) groups is 1. The lowest BCUT2D eigenvalue weighted by Gasteiger charge is -2.57. The fourth-order valence-corrected chi connectivity index (χ4v) is 8.53. The van der Waals surface area contributed by atoms with E-state index in [1.165, 1.54) is 43.5 Å². The van der Waals surface area contributed by atoms with Crippen molar-refractivity contribution >= 4 is 16.9 Å². The number of rotatable bonds is 4. The molecule has 4 fully saturated rings. The maximum Gasteiger partial charge on any atom is 0.166 e. The van der Waals surface area contributed by atoms with Gasteiger partial charge in [0.25, 0.3) is 0 Å². The van der Waals surface area contributed by atoms with Crippen LogP contribution in [0.3, 0.4) is 0 Å². The molecular weight excluding hydrogens is 450 g/mol. The molecule has 0 atom stereocenters. The molecule has 0 aromatic heterocycles. The van der Waals surface area contributed by atoms with Crippen molar-refractivity contribution in [2.75, 3.05) is 0 Å². The van der Waals surface area contributed by atoms with Crippen LogP contribution in [0, 0.1) is 34.8 Å². The number of hydrogen-bond donors (Lipinski definition) is 0. The summed E-state index contributed by atoms with van der Waals surface area (Å²) in [7, 11) is -0.365. The van der Waals surface area contributed by atoms with Gasteiger partial charge in [0, 0.05) is 11.4 Å². The third-order valence-corrected chi connectivity index (χ3v) is 9.78. The van der Waals surface area contributed by atoms with Gasteiger partial charge in [-0.2, -0.15) is 0 Å². The van der Waals surface area contributed by atoms with Crippen LogP contribution in [0.25, 0.3) is 0 Å². The van der Waals surface area contributed by atoms with Crippen LogP contribution in [-0.2, 0) is 15.7 Å². The molecule has 0 aliphatic heterocycles. The quantitative estimate of drug-likeness (QED) is 0.431. The number of halogens is 2. The Morgan fingerprint density at radius 2 is 1.06 bits per heavy atom. The summed E-state index contributed by atoms with van der Waals surface area (Å²) < 4.78 is 26.3. The number of carbonyl (C=O) groups excluding carboxylic acids is 1. The molecule has 4 aliphatic carbocycles. The van der Waals surface area contributed by atoms with E-state index < -0.39 is 11.4 Å². The maximum atomic E-state index is 13.2. The van der Waals surface area contributed by atoms with Crippen LogP contribution in [-0.4, -0.2) is 5.97 Å². The zero-order valence-corrected chi connectivity index (χ0v) is 19.8. The Morgan fingerprint density at radius 1 is 0.676 bits per heavy atom. The van der Waals surface area contributed by atoms with Crippen molar-refractivity contribution in [3.8, 4) is 0 Å². The van der Waals surface area contributed by atoms with Crippen molar-refractivity contribution in [3.63, 3.8) is 0 Å². The fraction of sp³-hybridized carbons (Fsp3) is 0.345. The lowest BCUT2D eigenvalue weighted by molar-refractivity contribution is -0.327. The minimum Gasteiger partial charge on any atom is -0.550 e. The summed E-state index contributed by atoms with van der Waals surface area (Å²) in [5.74, 6) is 0.869. The van der Waals surface area contributed by atoms with Gasteiger partial charge in [0.05, 0.1) is 10.9 Å². The topological polar surface area (TPSA) is 40.1 Å². The average molecular weight is 479 g/mol. The van der Waals surface area contributed by atoms with Gasteiger partial charge in [0.15, 0.2) is 14.7 Å². The highest BCUT2D eigenvalue weighted by Gasteiger charge is 2.51. The first-order valence-corrected chi connectivity index (χ1v) is 13.2. The molecule has 4 bridgehead atoms. The van der Waals surface area contributed by atoms with Crippen LogP contribution in [0.2, 0.25) is 0 Å². The van der Waals surface area contributed by atoms with Gasteiger partial charge in [-0.3, -0.25) is 0 Å². The number of aliphatic carboxylic acids is 1. The lowest BCUT2D eigenvalue weighted by atomic mass is 9.49. The van der Waals surface area contributed by atoms with E-state index in [0.29, 0.717) is 17.8 Å². The molecule has 5 heteroatoms. The Balaban J connectivity index is 0.000000157. The average Bonchev–Trinajstić information content (AvgIpc) is 2.82. The summed E-state index contributed by atoms with van der Waals surface area (Å²) in [4.78, 5) is 14.3. The Labute approximate surface area is 202 Å². The number of benzene rings is 3. The number of carboxylic acids is 1. The molecule has 0 unspecified atom stereocenters. The van der Waals surface area contributed by atoms with Crippen molar-refractivity contribution in [2.45, 2.75) is 53.2 Å². The molecule has 0 heterocycles. The second-order valence-corrected chi connectivity index (χ2v) is 12.0. The first-order chi connectivity index (χ1) is 16.4. The molecule has 0 amide bonds. The maximum absolute atomic E-state index is 13.2. The molecule has 3 aromatic rings. The van der Waals surface area contributed by atoms with Crippen molar-refractivity contribution in [3.05, 3.63) is 90.5 Å². The number of carboxylic acid groups (broad SMARTS) is 1. The monoisotopic (exact) mass is 478 g/mol. The molecule has 0 saturated heterocycles. The zero-order valence-electron chi connectivity index (χ0n) is 19.0. The van der Waals surface area contributed by atoms with Gasteiger partial charge in [0.2, 0.25) is 0 Å². The normalized spacial score (nSPS) is 26.7. The summed E-state index contributed by atoms with van der Waals surface area (Å²) in [6.07, 6.45) is 6.65. The van der Waals surface area contributed by atoms with E-state index in [1.807, 2.05) is 30.3 Å². The molecule has 3 aromatic carbocycles. The molecule has 7 rings (SSSR count). The van der Waals surface area contributed by atoms with E-state index in [1.54, 1.807) is 24.3 Å². The Kier molecular flexibility index (Phi) is 6.48. The van der Waals surface area contributed by atoms with Gasteiger partial charge < -0.3 is 9.90 Å². The second-order valence-electron chi connectivity index (χ2n) is 10.0. The van der Waals surface area contributed by atoms with Crippen LogP contribution in [0.15, 0.2) is 93.5 Å². The van der Waals surface area contributed by atoms with Crippen molar-refractivity contribution in [2.24, 2.45) is 23.2 Å². The largest absolute Gasteiger partial charge is 0.550 e. The van der Waals surface area contributed by atoms with Crippen molar-refractivity contribution in [1.82, 2.24) is 0 Å². The molecular formula is C29H28F2O2S. The SMILES string of the molecule is Fc1ccc([S+](c2ccccc2)c2ccc(F)cc2)cc1.O=C([O-])C12CC3CC(CC(C3)C1)C2. The molecule has 2 nitrogen and oxygen atoms in total. The lowest BCUT2D eigenvalue weighted by Crippen LogP contribution is -2.54. The Bertz CT molecular complexity index is 1050. The molecule has 4 saturated carbocycles. The summed E-state index contributed by atoms with van der Waals surface area (Å²) in [5.41, 5.74) is -0.394. The summed E-state index contributed by atoms with van der Waals surface area (Å²) >= 11 is 0. The van der Waals surface area contributed by atoms with Gasteiger partial charge in [-0.1, -0.05) is 18.2 Å². The Morgan fingerprint density at radius 3 is 1.44 bits per heavy atom. The first kappa shape index (κ1) is 23.1. The molecule has 0 N–H and O–H groups in total. The molecule has 0 radical (unpaired) electrons. The van der Waals surface area contributed by atoms with E-state index in [4.69, 9.17) is 0 Å². The minimum atomic E-state index is -0.758. The summed E-state index contributed by atoms with van der Waals surface area (Å²) in [6.45, 7) is 0. The van der Waals surface area contributed by atoms with E-state index in [2.05, 4.69) is 0 Å². The Hall–Kier alpha value is -2.66. The van der Waals surface area contributed by atoms with E-state index in [-0.39, 0.29) is 22.5 Å². The van der Waals surface area contributed by atoms with Crippen molar-refractivity contribution in [1.29, 1.82) is 0 Å². The summed E-state index contributed by atoms with van der Waals surface area (Å²) in [5, 5.41) is 11.1. The third kappa shape index (κ3) is 4.76. The second kappa shape index (κ2) is 9.53. The van der Waals surface area contributed by atoms with Gasteiger partial charge >= 0.3 is 0 Å². The van der Waals surface area contributed by atoms with Crippen LogP contribution >= 0.6 is 0 Å². The smallest absolute Gasteiger partial charge is 0.166 e. The first-order valence-electron chi connectivity index (χ1n) is 11.9. The van der Waals surface area contributed by atoms with Crippen LogP contribution < -0.4 is 5.11 Å². The van der Waals surface area contributed by atoms with Gasteiger partial charge in [0.1, 0.15) is 11.6 Å². The van der Waals surface area contributed by atoms with Crippen molar-refractivity contribution < 1.29 is 18.7 Å². The van der Waals surface area contributed by atoms with E-state index in [0.717, 1.165) is 33.9 Å². The highest BCUT2D eigenvalue weighted by atomic mass is 32.2. The third-order valence-electron chi connectivity index (χ3n) is 7.55. The predicted molar refractivity (Wildman–Crippen MR) is 127 cm³/mol. The van der Waals surface area contributed by atoms with E-state index in [9.17, 15) is 18.7 Å². The predicted octanol–water partition coefficient (Wildman–Crippen LogP) is 6.01. The number of hydrogen-bond acceptors (Lipinski definition) is 2. The molecule has 176 valence electrons. The van der Waals surface area contributed by atoms with E-state index >= 15 is 0 Å². The molecule has 4 aliphatic rings. The minimum absolute atomic E-state index is 0.255. The highest BCUT2D eigenvalue weighted by molar-refractivity contribution is 7.97.